The van der Waals surface area contributed by atoms with E-state index in [9.17, 15) is 0 Å². The lowest BCUT2D eigenvalue weighted by atomic mass is 10.1. The number of rotatable bonds is 8. The third kappa shape index (κ3) is 5.71. The van der Waals surface area contributed by atoms with Crippen molar-refractivity contribution >= 4 is 12.4 Å². The van der Waals surface area contributed by atoms with Crippen molar-refractivity contribution < 1.29 is 0 Å². The summed E-state index contributed by atoms with van der Waals surface area (Å²) in [5.41, 5.74) is 9.44. The van der Waals surface area contributed by atoms with Crippen molar-refractivity contribution in [3.05, 3.63) is 84.2 Å². The lowest BCUT2D eigenvalue weighted by Gasteiger charge is -2.20. The van der Waals surface area contributed by atoms with Crippen LogP contribution in [-0.4, -0.2) is 34.3 Å². The zero-order chi connectivity index (χ0) is 16.6. The zero-order valence-corrected chi connectivity index (χ0v) is 15.1. The van der Waals surface area contributed by atoms with Gasteiger partial charge in [0.1, 0.15) is 0 Å². The Morgan fingerprint density at radius 1 is 0.880 bits per heavy atom. The van der Waals surface area contributed by atoms with E-state index in [1.54, 1.807) is 0 Å². The van der Waals surface area contributed by atoms with Gasteiger partial charge in [-0.15, -0.1) is 12.4 Å². The van der Waals surface area contributed by atoms with Gasteiger partial charge >= 0.3 is 0 Å². The average Bonchev–Trinajstić information content (AvgIpc) is 3.10. The summed E-state index contributed by atoms with van der Waals surface area (Å²) in [6.07, 6.45) is 5.08. The van der Waals surface area contributed by atoms with Gasteiger partial charge in [-0.1, -0.05) is 48.5 Å². The molecule has 1 heterocycles. The van der Waals surface area contributed by atoms with E-state index in [2.05, 4.69) is 58.7 Å². The van der Waals surface area contributed by atoms with E-state index in [4.69, 9.17) is 5.73 Å². The lowest BCUT2D eigenvalue weighted by Crippen LogP contribution is -2.30. The molecule has 0 atom stereocenters. The van der Waals surface area contributed by atoms with Crippen LogP contribution in [0.3, 0.4) is 0 Å². The molecule has 0 radical (unpaired) electrons. The summed E-state index contributed by atoms with van der Waals surface area (Å²) in [6.45, 7) is 3.43. The van der Waals surface area contributed by atoms with E-state index in [-0.39, 0.29) is 12.4 Å². The van der Waals surface area contributed by atoms with Crippen molar-refractivity contribution in [2.24, 2.45) is 5.73 Å². The van der Waals surface area contributed by atoms with Crippen molar-refractivity contribution in [2.75, 3.05) is 19.6 Å². The van der Waals surface area contributed by atoms with E-state index in [0.717, 1.165) is 31.7 Å². The van der Waals surface area contributed by atoms with Gasteiger partial charge in [-0.3, -0.25) is 4.90 Å². The van der Waals surface area contributed by atoms with Crippen LogP contribution < -0.4 is 5.73 Å². The van der Waals surface area contributed by atoms with Gasteiger partial charge < -0.3 is 5.73 Å². The minimum atomic E-state index is 0. The number of hydrogen-bond donors (Lipinski definition) is 1. The molecule has 3 rings (SSSR count). The Hall–Kier alpha value is -2.14. The molecule has 4 nitrogen and oxygen atoms in total. The van der Waals surface area contributed by atoms with Crippen molar-refractivity contribution in [1.29, 1.82) is 0 Å². The Balaban J connectivity index is 0.00000225. The van der Waals surface area contributed by atoms with Gasteiger partial charge in [-0.25, -0.2) is 4.68 Å². The first-order valence-corrected chi connectivity index (χ1v) is 8.40. The van der Waals surface area contributed by atoms with Crippen LogP contribution in [0, 0.1) is 0 Å². The van der Waals surface area contributed by atoms with Gasteiger partial charge in [-0.05, 0) is 24.1 Å². The van der Waals surface area contributed by atoms with E-state index in [0.29, 0.717) is 6.54 Å². The van der Waals surface area contributed by atoms with E-state index in [1.807, 2.05) is 29.1 Å². The minimum absolute atomic E-state index is 0. The summed E-state index contributed by atoms with van der Waals surface area (Å²) >= 11 is 0. The number of halogens is 1. The van der Waals surface area contributed by atoms with Crippen LogP contribution in [0.25, 0.3) is 5.69 Å². The highest BCUT2D eigenvalue weighted by Crippen LogP contribution is 2.10. The fourth-order valence-corrected chi connectivity index (χ4v) is 2.81. The molecule has 0 aliphatic carbocycles. The minimum Gasteiger partial charge on any atom is -0.329 e. The molecule has 3 aromatic rings. The number of nitrogens with two attached hydrogens (primary N) is 1. The van der Waals surface area contributed by atoms with Crippen LogP contribution in [0.5, 0.6) is 0 Å². The van der Waals surface area contributed by atoms with Crippen LogP contribution in [0.1, 0.15) is 11.1 Å². The molecular weight excluding hydrogens is 332 g/mol. The first kappa shape index (κ1) is 19.2. The molecule has 0 amide bonds. The summed E-state index contributed by atoms with van der Waals surface area (Å²) in [4.78, 5) is 2.39. The largest absolute Gasteiger partial charge is 0.329 e. The predicted molar refractivity (Wildman–Crippen MR) is 105 cm³/mol. The van der Waals surface area contributed by atoms with E-state index < -0.39 is 0 Å². The maximum Gasteiger partial charge on any atom is 0.0645 e. The van der Waals surface area contributed by atoms with Gasteiger partial charge in [-0.2, -0.15) is 5.10 Å². The van der Waals surface area contributed by atoms with Crippen LogP contribution in [0.2, 0.25) is 0 Å². The molecule has 1 aromatic heterocycles. The summed E-state index contributed by atoms with van der Waals surface area (Å²) < 4.78 is 1.92. The molecule has 0 bridgehead atoms. The van der Waals surface area contributed by atoms with Crippen molar-refractivity contribution in [1.82, 2.24) is 14.7 Å². The lowest BCUT2D eigenvalue weighted by molar-refractivity contribution is 0.276. The summed E-state index contributed by atoms with van der Waals surface area (Å²) in [5, 5.41) is 4.48. The fourth-order valence-electron chi connectivity index (χ4n) is 2.81. The van der Waals surface area contributed by atoms with Gasteiger partial charge in [0.05, 0.1) is 11.9 Å². The first-order valence-electron chi connectivity index (χ1n) is 8.40. The number of nitrogens with zero attached hydrogens (tertiary/aromatic N) is 3. The highest BCUT2D eigenvalue weighted by atomic mass is 35.5. The third-order valence-electron chi connectivity index (χ3n) is 4.07. The number of benzene rings is 2. The number of hydrogen-bond acceptors (Lipinski definition) is 3. The van der Waals surface area contributed by atoms with Gasteiger partial charge in [0.15, 0.2) is 0 Å². The van der Waals surface area contributed by atoms with Crippen LogP contribution in [0.4, 0.5) is 0 Å². The van der Waals surface area contributed by atoms with Gasteiger partial charge in [0.2, 0.25) is 0 Å². The van der Waals surface area contributed by atoms with Crippen LogP contribution >= 0.6 is 12.4 Å². The zero-order valence-electron chi connectivity index (χ0n) is 14.3. The Bertz CT molecular complexity index is 728. The summed E-state index contributed by atoms with van der Waals surface area (Å²) in [5.74, 6) is 0. The number of aromatic nitrogens is 2. The smallest absolute Gasteiger partial charge is 0.0645 e. The summed E-state index contributed by atoms with van der Waals surface area (Å²) in [6, 6.07) is 20.8. The van der Waals surface area contributed by atoms with Crippen molar-refractivity contribution in [3.63, 3.8) is 0 Å². The van der Waals surface area contributed by atoms with E-state index in [1.165, 1.54) is 11.1 Å². The maximum atomic E-state index is 5.79. The fraction of sp³-hybridized carbons (Fsp3) is 0.250. The average molecular weight is 357 g/mol. The van der Waals surface area contributed by atoms with Gasteiger partial charge in [0.25, 0.3) is 0 Å². The number of para-hydroxylation sites is 1. The SMILES string of the molecule is Cl.NCCN(CCc1ccccc1)Cc1cnn(-c2ccccc2)c1. The summed E-state index contributed by atoms with van der Waals surface area (Å²) in [7, 11) is 0. The molecule has 2 N–H and O–H groups in total. The molecule has 0 saturated carbocycles. The Labute approximate surface area is 155 Å². The molecular formula is C20H25ClN4. The van der Waals surface area contributed by atoms with Crippen molar-refractivity contribution in [3.8, 4) is 5.69 Å². The third-order valence-corrected chi connectivity index (χ3v) is 4.07. The van der Waals surface area contributed by atoms with Crippen LogP contribution in [0.15, 0.2) is 73.1 Å². The molecule has 0 saturated heterocycles. The predicted octanol–water partition coefficient (Wildman–Crippen LogP) is 3.30. The standard InChI is InChI=1S/C20H24N4.ClH/c21-12-14-23(13-11-18-7-3-1-4-8-18)16-19-15-22-24(17-19)20-9-5-2-6-10-20;/h1-10,15,17H,11-14,16,21H2;1H. The Kier molecular flexibility index (Phi) is 7.67. The molecule has 0 unspecified atom stereocenters. The van der Waals surface area contributed by atoms with Gasteiger partial charge in [0, 0.05) is 37.9 Å². The second kappa shape index (κ2) is 9.99. The maximum absolute atomic E-state index is 5.79. The topological polar surface area (TPSA) is 47.1 Å². The van der Waals surface area contributed by atoms with Crippen molar-refractivity contribution in [2.45, 2.75) is 13.0 Å². The second-order valence-electron chi connectivity index (χ2n) is 5.93. The van der Waals surface area contributed by atoms with Crippen LogP contribution in [-0.2, 0) is 13.0 Å². The highest BCUT2D eigenvalue weighted by Gasteiger charge is 2.08. The molecule has 2 aromatic carbocycles. The molecule has 5 heteroatoms. The molecule has 0 spiro atoms. The highest BCUT2D eigenvalue weighted by molar-refractivity contribution is 5.85. The molecule has 132 valence electrons. The first-order chi connectivity index (χ1) is 11.8. The molecule has 0 aliphatic rings. The van der Waals surface area contributed by atoms with E-state index >= 15 is 0 Å². The normalized spacial score (nSPS) is 10.6. The molecule has 25 heavy (non-hydrogen) atoms. The monoisotopic (exact) mass is 356 g/mol. The molecule has 0 fully saturated rings. The Morgan fingerprint density at radius 2 is 1.56 bits per heavy atom. The Morgan fingerprint density at radius 3 is 2.24 bits per heavy atom. The second-order valence-corrected chi connectivity index (χ2v) is 5.93. The molecule has 0 aliphatic heterocycles. The quantitative estimate of drug-likeness (QED) is 0.673.